The number of nitrogens with zero attached hydrogens (tertiary/aromatic N) is 4. The van der Waals surface area contributed by atoms with Gasteiger partial charge >= 0.3 is 0 Å². The van der Waals surface area contributed by atoms with Crippen LogP contribution in [0.3, 0.4) is 0 Å². The Labute approximate surface area is 168 Å². The number of nitrogens with one attached hydrogen (secondary N) is 1. The van der Waals surface area contributed by atoms with Crippen molar-refractivity contribution in [1.29, 1.82) is 0 Å². The average molecular weight is 393 g/mol. The van der Waals surface area contributed by atoms with E-state index in [4.69, 9.17) is 9.47 Å². The number of anilines is 1. The number of hydrogen-bond acceptors (Lipinski definition) is 7. The van der Waals surface area contributed by atoms with E-state index >= 15 is 0 Å². The summed E-state index contributed by atoms with van der Waals surface area (Å²) in [6.45, 7) is 1.57. The van der Waals surface area contributed by atoms with Gasteiger partial charge in [-0.05, 0) is 31.0 Å². The normalized spacial score (nSPS) is 14.6. The Morgan fingerprint density at radius 3 is 2.52 bits per heavy atom. The third-order valence-electron chi connectivity index (χ3n) is 5.15. The Balaban J connectivity index is 1.48. The summed E-state index contributed by atoms with van der Waals surface area (Å²) >= 11 is 0. The average Bonchev–Trinajstić information content (AvgIpc) is 2.78. The number of piperidine rings is 1. The molecule has 0 saturated carbocycles. The van der Waals surface area contributed by atoms with E-state index in [2.05, 4.69) is 25.2 Å². The van der Waals surface area contributed by atoms with Crippen LogP contribution in [-0.4, -0.2) is 54.2 Å². The van der Waals surface area contributed by atoms with E-state index in [1.54, 1.807) is 38.9 Å². The molecule has 0 unspecified atom stereocenters. The molecule has 150 valence electrons. The molecule has 0 atom stereocenters. The summed E-state index contributed by atoms with van der Waals surface area (Å²) in [6.07, 6.45) is 4.86. The number of aromatic nitrogens is 3. The monoisotopic (exact) mass is 393 g/mol. The largest absolute Gasteiger partial charge is 0.493 e. The quantitative estimate of drug-likeness (QED) is 0.712. The number of pyridine rings is 1. The molecule has 0 bridgehead atoms. The van der Waals surface area contributed by atoms with Gasteiger partial charge in [-0.25, -0.2) is 9.97 Å². The number of ether oxygens (including phenoxy) is 2. The minimum atomic E-state index is -0.131. The van der Waals surface area contributed by atoms with Crippen LogP contribution in [0.25, 0.3) is 10.9 Å². The molecular weight excluding hydrogens is 370 g/mol. The SMILES string of the molecule is COc1cc2ncnc(N3CCC(NC(=O)c4ccccn4)CC3)c2cc1OC. The Hall–Kier alpha value is -3.42. The van der Waals surface area contributed by atoms with Gasteiger partial charge in [-0.3, -0.25) is 9.78 Å². The van der Waals surface area contributed by atoms with Crippen molar-refractivity contribution in [2.45, 2.75) is 18.9 Å². The van der Waals surface area contributed by atoms with Gasteiger partial charge in [-0.2, -0.15) is 0 Å². The van der Waals surface area contributed by atoms with Crippen molar-refractivity contribution in [3.8, 4) is 11.5 Å². The maximum Gasteiger partial charge on any atom is 0.270 e. The van der Waals surface area contributed by atoms with Gasteiger partial charge in [0, 0.05) is 36.8 Å². The highest BCUT2D eigenvalue weighted by Gasteiger charge is 2.24. The van der Waals surface area contributed by atoms with E-state index in [0.29, 0.717) is 17.2 Å². The Morgan fingerprint density at radius 1 is 1.07 bits per heavy atom. The number of amides is 1. The second-order valence-corrected chi connectivity index (χ2v) is 6.87. The van der Waals surface area contributed by atoms with E-state index in [1.807, 2.05) is 18.2 Å². The van der Waals surface area contributed by atoms with Crippen LogP contribution in [0.15, 0.2) is 42.9 Å². The third kappa shape index (κ3) is 3.91. The molecule has 1 fully saturated rings. The topological polar surface area (TPSA) is 89.5 Å². The molecular formula is C21H23N5O3. The zero-order chi connectivity index (χ0) is 20.2. The van der Waals surface area contributed by atoms with Crippen LogP contribution in [-0.2, 0) is 0 Å². The summed E-state index contributed by atoms with van der Waals surface area (Å²) in [7, 11) is 3.22. The van der Waals surface area contributed by atoms with Gasteiger partial charge in [0.2, 0.25) is 0 Å². The van der Waals surface area contributed by atoms with Gasteiger partial charge in [0.05, 0.1) is 19.7 Å². The second-order valence-electron chi connectivity index (χ2n) is 6.87. The molecule has 1 N–H and O–H groups in total. The van der Waals surface area contributed by atoms with E-state index in [9.17, 15) is 4.79 Å². The number of rotatable bonds is 5. The lowest BCUT2D eigenvalue weighted by Crippen LogP contribution is -2.45. The first kappa shape index (κ1) is 18.9. The summed E-state index contributed by atoms with van der Waals surface area (Å²) < 4.78 is 10.8. The fourth-order valence-electron chi connectivity index (χ4n) is 3.61. The molecule has 3 heterocycles. The highest BCUT2D eigenvalue weighted by atomic mass is 16.5. The molecule has 8 nitrogen and oxygen atoms in total. The van der Waals surface area contributed by atoms with E-state index in [1.165, 1.54) is 0 Å². The van der Waals surface area contributed by atoms with Crippen molar-refractivity contribution in [3.05, 3.63) is 48.5 Å². The van der Waals surface area contributed by atoms with Crippen molar-refractivity contribution < 1.29 is 14.3 Å². The van der Waals surface area contributed by atoms with Crippen LogP contribution >= 0.6 is 0 Å². The molecule has 1 aromatic carbocycles. The highest BCUT2D eigenvalue weighted by Crippen LogP contribution is 2.35. The fraction of sp³-hybridized carbons (Fsp3) is 0.333. The van der Waals surface area contributed by atoms with Gasteiger partial charge < -0.3 is 19.7 Å². The minimum absolute atomic E-state index is 0.114. The van der Waals surface area contributed by atoms with Gasteiger partial charge in [0.25, 0.3) is 5.91 Å². The summed E-state index contributed by atoms with van der Waals surface area (Å²) in [4.78, 5) is 27.6. The van der Waals surface area contributed by atoms with Gasteiger partial charge in [0.1, 0.15) is 17.8 Å². The van der Waals surface area contributed by atoms with Crippen LogP contribution in [0.1, 0.15) is 23.3 Å². The standard InChI is InChI=1S/C21H23N5O3/c1-28-18-11-15-17(12-19(18)29-2)23-13-24-20(15)26-9-6-14(7-10-26)25-21(27)16-5-3-4-8-22-16/h3-5,8,11-14H,6-7,9-10H2,1-2H3,(H,25,27). The number of carbonyl (C=O) groups excluding carboxylic acids is 1. The summed E-state index contributed by atoms with van der Waals surface area (Å²) in [5, 5.41) is 4.00. The number of carbonyl (C=O) groups is 1. The molecule has 2 aromatic heterocycles. The lowest BCUT2D eigenvalue weighted by atomic mass is 10.0. The van der Waals surface area contributed by atoms with E-state index in [-0.39, 0.29) is 11.9 Å². The van der Waals surface area contributed by atoms with Crippen LogP contribution in [0, 0.1) is 0 Å². The Kier molecular flexibility index (Phi) is 5.41. The number of benzene rings is 1. The summed E-state index contributed by atoms with van der Waals surface area (Å²) in [5.41, 5.74) is 1.25. The first-order chi connectivity index (χ1) is 14.2. The fourth-order valence-corrected chi connectivity index (χ4v) is 3.61. The van der Waals surface area contributed by atoms with Gasteiger partial charge in [0.15, 0.2) is 11.5 Å². The molecule has 3 aromatic rings. The molecule has 0 spiro atoms. The van der Waals surface area contributed by atoms with Crippen molar-refractivity contribution in [2.75, 3.05) is 32.2 Å². The Bertz CT molecular complexity index is 1000. The zero-order valence-electron chi connectivity index (χ0n) is 16.5. The smallest absolute Gasteiger partial charge is 0.270 e. The first-order valence-electron chi connectivity index (χ1n) is 9.53. The van der Waals surface area contributed by atoms with Gasteiger partial charge in [-0.15, -0.1) is 0 Å². The minimum Gasteiger partial charge on any atom is -0.493 e. The lowest BCUT2D eigenvalue weighted by molar-refractivity contribution is 0.0926. The third-order valence-corrected chi connectivity index (χ3v) is 5.15. The lowest BCUT2D eigenvalue weighted by Gasteiger charge is -2.33. The molecule has 1 amide bonds. The molecule has 8 heteroatoms. The van der Waals surface area contributed by atoms with Crippen LogP contribution in [0.2, 0.25) is 0 Å². The Morgan fingerprint density at radius 2 is 1.83 bits per heavy atom. The molecule has 1 aliphatic rings. The molecule has 4 rings (SSSR count). The second kappa shape index (κ2) is 8.30. The molecule has 29 heavy (non-hydrogen) atoms. The maximum absolute atomic E-state index is 12.3. The van der Waals surface area contributed by atoms with E-state index in [0.717, 1.165) is 42.7 Å². The van der Waals surface area contributed by atoms with Gasteiger partial charge in [-0.1, -0.05) is 6.07 Å². The first-order valence-corrected chi connectivity index (χ1v) is 9.53. The van der Waals surface area contributed by atoms with Crippen LogP contribution < -0.4 is 19.7 Å². The maximum atomic E-state index is 12.3. The highest BCUT2D eigenvalue weighted by molar-refractivity contribution is 5.93. The van der Waals surface area contributed by atoms with Crippen molar-refractivity contribution >= 4 is 22.6 Å². The van der Waals surface area contributed by atoms with Crippen LogP contribution in [0.5, 0.6) is 11.5 Å². The predicted molar refractivity (Wildman–Crippen MR) is 110 cm³/mol. The molecule has 1 aliphatic heterocycles. The summed E-state index contributed by atoms with van der Waals surface area (Å²) in [5.74, 6) is 2.02. The van der Waals surface area contributed by atoms with Crippen molar-refractivity contribution in [3.63, 3.8) is 0 Å². The predicted octanol–water partition coefficient (Wildman–Crippen LogP) is 2.44. The molecule has 0 aliphatic carbocycles. The number of methoxy groups -OCH3 is 2. The van der Waals surface area contributed by atoms with E-state index < -0.39 is 0 Å². The summed E-state index contributed by atoms with van der Waals surface area (Å²) in [6, 6.07) is 9.22. The molecule has 1 saturated heterocycles. The van der Waals surface area contributed by atoms with Crippen LogP contribution in [0.4, 0.5) is 5.82 Å². The van der Waals surface area contributed by atoms with Crippen molar-refractivity contribution in [1.82, 2.24) is 20.3 Å². The number of hydrogen-bond donors (Lipinski definition) is 1. The number of fused-ring (bicyclic) bond motifs is 1. The zero-order valence-corrected chi connectivity index (χ0v) is 16.5. The molecule has 0 radical (unpaired) electrons. The van der Waals surface area contributed by atoms with Crippen molar-refractivity contribution in [2.24, 2.45) is 0 Å².